The lowest BCUT2D eigenvalue weighted by atomic mass is 9.93. The number of fused-ring (bicyclic) bond motifs is 1. The lowest BCUT2D eigenvalue weighted by molar-refractivity contribution is 0.0697. The molecule has 0 spiro atoms. The van der Waals surface area contributed by atoms with Crippen LogP contribution >= 0.6 is 12.4 Å². The van der Waals surface area contributed by atoms with E-state index in [0.717, 1.165) is 6.42 Å². The van der Waals surface area contributed by atoms with Gasteiger partial charge in [-0.15, -0.1) is 12.4 Å². The first kappa shape index (κ1) is 28.7. The predicted molar refractivity (Wildman–Crippen MR) is 152 cm³/mol. The van der Waals surface area contributed by atoms with Crippen molar-refractivity contribution in [3.05, 3.63) is 102 Å². The minimum Gasteiger partial charge on any atom is -0.489 e. The number of halogens is 1. The number of carboxylic acids is 1. The van der Waals surface area contributed by atoms with Gasteiger partial charge >= 0.3 is 5.97 Å². The van der Waals surface area contributed by atoms with Gasteiger partial charge in [0.25, 0.3) is 0 Å². The van der Waals surface area contributed by atoms with E-state index < -0.39 is 12.1 Å². The molecule has 1 atom stereocenters. The Morgan fingerprint density at radius 3 is 2.45 bits per heavy atom. The summed E-state index contributed by atoms with van der Waals surface area (Å²) in [4.78, 5) is 11.3. The fraction of sp³-hybridized carbons (Fsp3) is 0.226. The Morgan fingerprint density at radius 2 is 1.71 bits per heavy atom. The van der Waals surface area contributed by atoms with Crippen LogP contribution < -0.4 is 10.1 Å². The minimum atomic E-state index is -1.01. The van der Waals surface area contributed by atoms with Gasteiger partial charge in [-0.3, -0.25) is 0 Å². The molecule has 0 saturated carbocycles. The zero-order valence-corrected chi connectivity index (χ0v) is 22.2. The number of carboxylic acid groups (broad SMARTS) is 1. The number of aliphatic hydroxyl groups excluding tert-OH is 1. The summed E-state index contributed by atoms with van der Waals surface area (Å²) in [6.45, 7) is 4.56. The molecule has 0 aliphatic rings. The summed E-state index contributed by atoms with van der Waals surface area (Å²) in [7, 11) is 0. The first-order chi connectivity index (χ1) is 17.7. The average Bonchev–Trinajstić information content (AvgIpc) is 2.90. The molecule has 4 aromatic rings. The third-order valence-electron chi connectivity index (χ3n) is 6.25. The van der Waals surface area contributed by atoms with Gasteiger partial charge < -0.3 is 20.3 Å². The van der Waals surface area contributed by atoms with Crippen molar-refractivity contribution in [2.75, 3.05) is 13.2 Å². The number of hydrogen-bond donors (Lipinski definition) is 3. The number of aliphatic hydroxyl groups is 1. The van der Waals surface area contributed by atoms with Gasteiger partial charge in [-0.1, -0.05) is 60.7 Å². The van der Waals surface area contributed by atoms with Gasteiger partial charge in [-0.25, -0.2) is 4.79 Å². The van der Waals surface area contributed by atoms with Crippen LogP contribution in [-0.2, 0) is 6.42 Å². The summed E-state index contributed by atoms with van der Waals surface area (Å²) in [6.07, 6.45) is 0.0310. The first-order valence-corrected chi connectivity index (χ1v) is 12.2. The molecule has 4 rings (SSSR count). The number of ether oxygens (including phenoxy) is 1. The van der Waals surface area contributed by atoms with Gasteiger partial charge in [0, 0.05) is 12.1 Å². The van der Waals surface area contributed by atoms with Crippen molar-refractivity contribution in [1.29, 1.82) is 5.26 Å². The van der Waals surface area contributed by atoms with Gasteiger partial charge in [0.2, 0.25) is 0 Å². The number of nitriles is 1. The Hall–Kier alpha value is -3.89. The van der Waals surface area contributed by atoms with E-state index in [0.29, 0.717) is 29.0 Å². The highest BCUT2D eigenvalue weighted by Crippen LogP contribution is 2.27. The summed E-state index contributed by atoms with van der Waals surface area (Å²) >= 11 is 0. The first-order valence-electron chi connectivity index (χ1n) is 12.2. The maximum Gasteiger partial charge on any atom is 0.335 e. The molecular weight excluding hydrogens is 500 g/mol. The number of aromatic carboxylic acids is 1. The number of β-amino-alcohol motifs (C(OH)–C–C–N with tert-alkyl or cyclic N) is 1. The standard InChI is InChI=1S/C31H30N2O4.ClH/c1-31(2,17-21-10-11-22-6-3-4-7-23(22)14-21)33-19-28(34)20-37-29-13-12-25(16-27(29)18-32)24-8-5-9-26(15-24)30(35)36;/h3-16,28,33-34H,17,19-20H2,1-2H3,(H,35,36);1H/t28-;/m1./s1. The maximum absolute atomic E-state index is 11.3. The third kappa shape index (κ3) is 7.33. The van der Waals surface area contributed by atoms with E-state index in [2.05, 4.69) is 55.6 Å². The predicted octanol–water partition coefficient (Wildman–Crippen LogP) is 5.85. The topological polar surface area (TPSA) is 103 Å². The second-order valence-electron chi connectivity index (χ2n) is 9.80. The molecule has 4 aromatic carbocycles. The normalized spacial score (nSPS) is 11.8. The third-order valence-corrected chi connectivity index (χ3v) is 6.25. The van der Waals surface area contributed by atoms with E-state index in [1.807, 2.05) is 12.1 Å². The second-order valence-corrected chi connectivity index (χ2v) is 9.80. The van der Waals surface area contributed by atoms with Crippen LogP contribution in [-0.4, -0.2) is 41.0 Å². The summed E-state index contributed by atoms with van der Waals surface area (Å²) in [5, 5.41) is 35.2. The molecule has 38 heavy (non-hydrogen) atoms. The maximum atomic E-state index is 11.3. The highest BCUT2D eigenvalue weighted by molar-refractivity contribution is 5.89. The molecule has 3 N–H and O–H groups in total. The molecule has 0 heterocycles. The van der Waals surface area contributed by atoms with Crippen LogP contribution in [0.4, 0.5) is 0 Å². The smallest absolute Gasteiger partial charge is 0.335 e. The fourth-order valence-electron chi connectivity index (χ4n) is 4.32. The van der Waals surface area contributed by atoms with Gasteiger partial charge in [0.1, 0.15) is 24.5 Å². The van der Waals surface area contributed by atoms with Crippen molar-refractivity contribution >= 4 is 29.1 Å². The molecule has 0 unspecified atom stereocenters. The minimum absolute atomic E-state index is 0. The van der Waals surface area contributed by atoms with Gasteiger partial charge in [-0.2, -0.15) is 5.26 Å². The van der Waals surface area contributed by atoms with Crippen molar-refractivity contribution < 1.29 is 19.7 Å². The zero-order valence-electron chi connectivity index (χ0n) is 21.3. The van der Waals surface area contributed by atoms with E-state index in [9.17, 15) is 20.3 Å². The quantitative estimate of drug-likeness (QED) is 0.238. The Bertz CT molecular complexity index is 1460. The Kier molecular flexibility index (Phi) is 9.49. The molecule has 196 valence electrons. The number of benzene rings is 4. The molecule has 7 heteroatoms. The van der Waals surface area contributed by atoms with Crippen molar-refractivity contribution in [1.82, 2.24) is 5.32 Å². The van der Waals surface area contributed by atoms with Crippen LogP contribution in [0.25, 0.3) is 21.9 Å². The Morgan fingerprint density at radius 1 is 0.974 bits per heavy atom. The molecule has 0 aliphatic heterocycles. The number of rotatable bonds is 10. The highest BCUT2D eigenvalue weighted by atomic mass is 35.5. The molecule has 0 amide bonds. The molecule has 0 saturated heterocycles. The summed E-state index contributed by atoms with van der Waals surface area (Å²) in [6, 6.07) is 28.5. The van der Waals surface area contributed by atoms with E-state index in [4.69, 9.17) is 4.74 Å². The largest absolute Gasteiger partial charge is 0.489 e. The number of nitrogens with one attached hydrogen (secondary N) is 1. The molecule has 6 nitrogen and oxygen atoms in total. The van der Waals surface area contributed by atoms with Crippen LogP contribution in [0.1, 0.15) is 35.3 Å². The van der Waals surface area contributed by atoms with Crippen LogP contribution in [0, 0.1) is 11.3 Å². The van der Waals surface area contributed by atoms with Crippen molar-refractivity contribution in [2.45, 2.75) is 31.9 Å². The number of carbonyl (C=O) groups is 1. The fourth-order valence-corrected chi connectivity index (χ4v) is 4.32. The van der Waals surface area contributed by atoms with Crippen LogP contribution in [0.5, 0.6) is 5.75 Å². The number of hydrogen-bond acceptors (Lipinski definition) is 5. The van der Waals surface area contributed by atoms with Crippen LogP contribution in [0.2, 0.25) is 0 Å². The molecule has 0 fully saturated rings. The summed E-state index contributed by atoms with van der Waals surface area (Å²) in [5.74, 6) is -0.638. The van der Waals surface area contributed by atoms with Gasteiger partial charge in [0.05, 0.1) is 11.1 Å². The van der Waals surface area contributed by atoms with Gasteiger partial charge in [0.15, 0.2) is 0 Å². The molecular formula is C31H31ClN2O4. The highest BCUT2D eigenvalue weighted by Gasteiger charge is 2.20. The zero-order chi connectivity index (χ0) is 26.4. The lowest BCUT2D eigenvalue weighted by Crippen LogP contribution is -2.46. The molecule has 0 aliphatic carbocycles. The summed E-state index contributed by atoms with van der Waals surface area (Å²) in [5.41, 5.74) is 2.87. The number of nitrogens with zero attached hydrogens (tertiary/aromatic N) is 1. The van der Waals surface area contributed by atoms with Crippen molar-refractivity contribution in [2.24, 2.45) is 0 Å². The van der Waals surface area contributed by atoms with Crippen LogP contribution in [0.3, 0.4) is 0 Å². The summed E-state index contributed by atoms with van der Waals surface area (Å²) < 4.78 is 5.77. The monoisotopic (exact) mass is 530 g/mol. The van der Waals surface area contributed by atoms with Crippen molar-refractivity contribution in [3.8, 4) is 22.9 Å². The van der Waals surface area contributed by atoms with Gasteiger partial charge in [-0.05, 0) is 72.0 Å². The van der Waals surface area contributed by atoms with Crippen molar-refractivity contribution in [3.63, 3.8) is 0 Å². The van der Waals surface area contributed by atoms with Crippen LogP contribution in [0.15, 0.2) is 84.9 Å². The van der Waals surface area contributed by atoms with E-state index in [-0.39, 0.29) is 30.1 Å². The Labute approximate surface area is 228 Å². The van der Waals surface area contributed by atoms with E-state index in [1.54, 1.807) is 36.4 Å². The molecule has 0 radical (unpaired) electrons. The lowest BCUT2D eigenvalue weighted by Gasteiger charge is -2.28. The molecule has 0 aromatic heterocycles. The molecule has 0 bridgehead atoms. The van der Waals surface area contributed by atoms with E-state index >= 15 is 0 Å². The van der Waals surface area contributed by atoms with E-state index in [1.165, 1.54) is 22.4 Å². The second kappa shape index (κ2) is 12.6. The SMILES string of the molecule is CC(C)(Cc1ccc2ccccc2c1)NC[C@@H](O)COc1ccc(-c2cccc(C(=O)O)c2)cc1C#N.Cl. The Balaban J connectivity index is 0.00000400. The average molecular weight is 531 g/mol.